The molecule has 0 bridgehead atoms. The number of hydrogen-bond acceptors (Lipinski definition) is 4. The van der Waals surface area contributed by atoms with Gasteiger partial charge in [-0.25, -0.2) is 4.79 Å². The summed E-state index contributed by atoms with van der Waals surface area (Å²) in [6, 6.07) is 8.00. The van der Waals surface area contributed by atoms with Crippen molar-refractivity contribution in [3.8, 4) is 0 Å². The van der Waals surface area contributed by atoms with E-state index in [1.54, 1.807) is 6.20 Å². The summed E-state index contributed by atoms with van der Waals surface area (Å²) in [5.41, 5.74) is 2.82. The van der Waals surface area contributed by atoms with E-state index >= 15 is 0 Å². The zero-order valence-corrected chi connectivity index (χ0v) is 15.9. The Morgan fingerprint density at radius 1 is 1.30 bits per heavy atom. The van der Waals surface area contributed by atoms with Crippen molar-refractivity contribution in [2.45, 2.75) is 32.2 Å². The lowest BCUT2D eigenvalue weighted by Crippen LogP contribution is -2.56. The molecule has 144 valence electrons. The number of carbonyl (C=O) groups excluding carboxylic acids is 1. The zero-order valence-electron chi connectivity index (χ0n) is 15.9. The molecule has 6 nitrogen and oxygen atoms in total. The van der Waals surface area contributed by atoms with Gasteiger partial charge in [-0.2, -0.15) is 0 Å². The molecular weight excluding hydrogens is 340 g/mol. The van der Waals surface area contributed by atoms with Gasteiger partial charge in [-0.3, -0.25) is 9.88 Å². The number of benzene rings is 1. The molecule has 6 heteroatoms. The van der Waals surface area contributed by atoms with Gasteiger partial charge < -0.3 is 15.3 Å². The topological polar surface area (TPSA) is 68.7 Å². The van der Waals surface area contributed by atoms with Crippen molar-refractivity contribution in [1.82, 2.24) is 14.8 Å². The van der Waals surface area contributed by atoms with E-state index in [-0.39, 0.29) is 18.7 Å². The van der Waals surface area contributed by atoms with Crippen molar-refractivity contribution in [3.63, 3.8) is 0 Å². The second-order valence-corrected chi connectivity index (χ2v) is 7.81. The molecule has 0 spiro atoms. The maximum Gasteiger partial charge on any atom is 0.321 e. The lowest BCUT2D eigenvalue weighted by molar-refractivity contribution is 0.0739. The summed E-state index contributed by atoms with van der Waals surface area (Å²) >= 11 is 0. The van der Waals surface area contributed by atoms with Crippen molar-refractivity contribution in [2.24, 2.45) is 5.92 Å². The van der Waals surface area contributed by atoms with E-state index in [0.717, 1.165) is 47.7 Å². The van der Waals surface area contributed by atoms with Crippen LogP contribution in [0, 0.1) is 12.8 Å². The molecule has 1 atom stereocenters. The van der Waals surface area contributed by atoms with Gasteiger partial charge in [0.2, 0.25) is 0 Å². The summed E-state index contributed by atoms with van der Waals surface area (Å²) < 4.78 is 0. The lowest BCUT2D eigenvalue weighted by atomic mass is 10.1. The van der Waals surface area contributed by atoms with Crippen LogP contribution in [0.1, 0.15) is 24.8 Å². The number of aliphatic hydroxyl groups is 1. The highest BCUT2D eigenvalue weighted by Gasteiger charge is 2.33. The molecular formula is C21H28N4O2. The number of urea groups is 1. The van der Waals surface area contributed by atoms with Gasteiger partial charge in [-0.1, -0.05) is 6.07 Å². The first kappa shape index (κ1) is 18.2. The first-order valence-corrected chi connectivity index (χ1v) is 9.91. The van der Waals surface area contributed by atoms with E-state index < -0.39 is 0 Å². The van der Waals surface area contributed by atoms with Crippen molar-refractivity contribution in [3.05, 3.63) is 36.0 Å². The van der Waals surface area contributed by atoms with Crippen LogP contribution in [-0.2, 0) is 0 Å². The third-order valence-corrected chi connectivity index (χ3v) is 5.76. The summed E-state index contributed by atoms with van der Waals surface area (Å²) in [6.07, 6.45) is 5.13. The summed E-state index contributed by atoms with van der Waals surface area (Å²) in [4.78, 5) is 21.7. The van der Waals surface area contributed by atoms with Crippen LogP contribution < -0.4 is 5.32 Å². The predicted octanol–water partition coefficient (Wildman–Crippen LogP) is 2.85. The minimum atomic E-state index is -0.0713. The molecule has 1 aliphatic carbocycles. The number of carbonyl (C=O) groups is 1. The van der Waals surface area contributed by atoms with Gasteiger partial charge in [0.05, 0.1) is 11.2 Å². The van der Waals surface area contributed by atoms with E-state index in [2.05, 4.69) is 15.2 Å². The van der Waals surface area contributed by atoms with E-state index in [9.17, 15) is 9.90 Å². The molecule has 0 unspecified atom stereocenters. The quantitative estimate of drug-likeness (QED) is 0.852. The van der Waals surface area contributed by atoms with Crippen LogP contribution in [0.15, 0.2) is 30.5 Å². The summed E-state index contributed by atoms with van der Waals surface area (Å²) in [5, 5.41) is 13.5. The van der Waals surface area contributed by atoms with Gasteiger partial charge in [0, 0.05) is 50.4 Å². The first-order valence-electron chi connectivity index (χ1n) is 9.91. The van der Waals surface area contributed by atoms with Gasteiger partial charge in [-0.05, 0) is 55.9 Å². The van der Waals surface area contributed by atoms with Gasteiger partial charge in [0.15, 0.2) is 0 Å². The predicted molar refractivity (Wildman–Crippen MR) is 107 cm³/mol. The molecule has 2 N–H and O–H groups in total. The number of piperazine rings is 1. The molecule has 1 aromatic carbocycles. The Bertz CT molecular complexity index is 821. The largest absolute Gasteiger partial charge is 0.396 e. The second-order valence-electron chi connectivity index (χ2n) is 7.81. The van der Waals surface area contributed by atoms with Crippen LogP contribution in [0.4, 0.5) is 10.5 Å². The highest BCUT2D eigenvalue weighted by Crippen LogP contribution is 2.31. The number of aliphatic hydroxyl groups excluding tert-OH is 1. The van der Waals surface area contributed by atoms with E-state index in [1.165, 1.54) is 12.8 Å². The highest BCUT2D eigenvalue weighted by atomic mass is 16.3. The molecule has 2 aromatic rings. The van der Waals surface area contributed by atoms with Gasteiger partial charge in [0.1, 0.15) is 0 Å². The van der Waals surface area contributed by atoms with E-state index in [4.69, 9.17) is 0 Å². The Hall–Kier alpha value is -2.18. The summed E-state index contributed by atoms with van der Waals surface area (Å²) in [6.45, 7) is 5.57. The smallest absolute Gasteiger partial charge is 0.321 e. The number of pyridine rings is 1. The second kappa shape index (κ2) is 7.82. The maximum absolute atomic E-state index is 12.9. The number of amides is 2. The van der Waals surface area contributed by atoms with Crippen molar-refractivity contribution in [2.75, 3.05) is 38.1 Å². The normalized spacial score (nSPS) is 20.8. The number of fused-ring (bicyclic) bond motifs is 1. The van der Waals surface area contributed by atoms with Crippen LogP contribution in [0.5, 0.6) is 0 Å². The van der Waals surface area contributed by atoms with Crippen molar-refractivity contribution >= 4 is 22.6 Å². The van der Waals surface area contributed by atoms with Gasteiger partial charge >= 0.3 is 6.03 Å². The molecule has 1 aromatic heterocycles. The molecule has 2 heterocycles. The molecule has 4 rings (SSSR count). The van der Waals surface area contributed by atoms with Crippen molar-refractivity contribution in [1.29, 1.82) is 0 Å². The molecule has 2 amide bonds. The highest BCUT2D eigenvalue weighted by molar-refractivity contribution is 6.01. The van der Waals surface area contributed by atoms with Crippen molar-refractivity contribution < 1.29 is 9.90 Å². The SMILES string of the molecule is Cc1ccc(NC(=O)N2CCN(CC3CC3)[C@H](CCO)C2)c2cccnc12. The monoisotopic (exact) mass is 368 g/mol. The number of aromatic nitrogens is 1. The Labute approximate surface area is 160 Å². The molecule has 27 heavy (non-hydrogen) atoms. The van der Waals surface area contributed by atoms with E-state index in [1.807, 2.05) is 36.1 Å². The number of rotatable bonds is 5. The lowest BCUT2D eigenvalue weighted by Gasteiger charge is -2.41. The minimum absolute atomic E-state index is 0.0713. The van der Waals surface area contributed by atoms with Crippen LogP contribution in [0.3, 0.4) is 0 Å². The van der Waals surface area contributed by atoms with Crippen LogP contribution >= 0.6 is 0 Å². The average Bonchev–Trinajstić information content (AvgIpc) is 3.50. The fraction of sp³-hybridized carbons (Fsp3) is 0.524. The Morgan fingerprint density at radius 2 is 2.15 bits per heavy atom. The number of hydrogen-bond donors (Lipinski definition) is 2. The number of anilines is 1. The first-order chi connectivity index (χ1) is 13.2. The standard InChI is InChI=1S/C21H28N4O2/c1-15-4-7-19(18-3-2-9-22-20(15)18)23-21(27)25-11-10-24(13-16-5-6-16)17(14-25)8-12-26/h2-4,7,9,16-17,26H,5-6,8,10-14H2,1H3,(H,23,27)/t17-/m1/s1. The molecule has 2 aliphatic rings. The van der Waals surface area contributed by atoms with Gasteiger partial charge in [-0.15, -0.1) is 0 Å². The van der Waals surface area contributed by atoms with Crippen LogP contribution in [0.2, 0.25) is 0 Å². The molecule has 1 saturated carbocycles. The Balaban J connectivity index is 1.46. The minimum Gasteiger partial charge on any atom is -0.396 e. The fourth-order valence-electron chi connectivity index (χ4n) is 3.99. The van der Waals surface area contributed by atoms with Crippen LogP contribution in [0.25, 0.3) is 10.9 Å². The van der Waals surface area contributed by atoms with Gasteiger partial charge in [0.25, 0.3) is 0 Å². The number of aryl methyl sites for hydroxylation is 1. The third-order valence-electron chi connectivity index (χ3n) is 5.76. The van der Waals surface area contributed by atoms with E-state index in [0.29, 0.717) is 13.0 Å². The molecule has 1 aliphatic heterocycles. The molecule has 2 fully saturated rings. The fourth-order valence-corrected chi connectivity index (χ4v) is 3.99. The zero-order chi connectivity index (χ0) is 18.8. The molecule has 0 radical (unpaired) electrons. The number of nitrogens with one attached hydrogen (secondary N) is 1. The summed E-state index contributed by atoms with van der Waals surface area (Å²) in [7, 11) is 0. The van der Waals surface area contributed by atoms with Crippen LogP contribution in [-0.4, -0.2) is 64.7 Å². The average molecular weight is 368 g/mol. The third kappa shape index (κ3) is 4.06. The Morgan fingerprint density at radius 3 is 2.93 bits per heavy atom. The summed E-state index contributed by atoms with van der Waals surface area (Å²) in [5.74, 6) is 0.818. The maximum atomic E-state index is 12.9. The Kier molecular flexibility index (Phi) is 5.27. The molecule has 1 saturated heterocycles. The number of nitrogens with zero attached hydrogens (tertiary/aromatic N) is 3.